The smallest absolute Gasteiger partial charge is 0.264 e. The molecule has 4 fully saturated rings. The molecule has 2 aliphatic heterocycles. The highest BCUT2D eigenvalue weighted by Crippen LogP contribution is 2.66. The van der Waals surface area contributed by atoms with Crippen LogP contribution in [0.1, 0.15) is 111 Å². The monoisotopic (exact) mass is 672 g/mol. The number of hydrogen-bond acceptors (Lipinski definition) is 6. The van der Waals surface area contributed by atoms with Crippen LogP contribution in [0.25, 0.3) is 22.2 Å². The number of ether oxygens (including phenoxy) is 1. The Morgan fingerprint density at radius 2 is 1.77 bits per heavy atom. The first-order valence-electron chi connectivity index (χ1n) is 18.0. The summed E-state index contributed by atoms with van der Waals surface area (Å²) in [6.07, 6.45) is 11.2. The molecule has 1 spiro atoms. The molecule has 0 radical (unpaired) electrons. The molecule has 3 aromatic rings. The summed E-state index contributed by atoms with van der Waals surface area (Å²) in [6, 6.07) is 12.0. The number of nitrogens with zero attached hydrogens (tertiary/aromatic N) is 2. The molecule has 2 amide bonds. The van der Waals surface area contributed by atoms with E-state index in [1.54, 1.807) is 27.0 Å². The van der Waals surface area contributed by atoms with E-state index in [0.717, 1.165) is 73.1 Å². The van der Waals surface area contributed by atoms with Crippen LogP contribution in [-0.2, 0) is 21.4 Å². The zero-order valence-corrected chi connectivity index (χ0v) is 29.3. The summed E-state index contributed by atoms with van der Waals surface area (Å²) in [5.74, 6) is 0.839. The maximum Gasteiger partial charge on any atom is 0.264 e. The summed E-state index contributed by atoms with van der Waals surface area (Å²) in [7, 11) is -2.10. The zero-order valence-electron chi connectivity index (χ0n) is 28.4. The van der Waals surface area contributed by atoms with Crippen LogP contribution in [0.5, 0.6) is 5.75 Å². The molecule has 3 heterocycles. The number of aromatic nitrogens is 1. The lowest BCUT2D eigenvalue weighted by atomic mass is 9.81. The van der Waals surface area contributed by atoms with Gasteiger partial charge in [0.15, 0.2) is 0 Å². The molecule has 256 valence electrons. The van der Waals surface area contributed by atoms with E-state index in [-0.39, 0.29) is 17.4 Å². The predicted octanol–water partition coefficient (Wildman–Crippen LogP) is 6.06. The predicted molar refractivity (Wildman–Crippen MR) is 187 cm³/mol. The Morgan fingerprint density at radius 3 is 2.50 bits per heavy atom. The highest BCUT2D eigenvalue weighted by molar-refractivity contribution is 7.90. The van der Waals surface area contributed by atoms with Gasteiger partial charge in [0.25, 0.3) is 5.91 Å². The summed E-state index contributed by atoms with van der Waals surface area (Å²) in [4.78, 5) is 30.5. The Kier molecular flexibility index (Phi) is 7.71. The third kappa shape index (κ3) is 5.08. The summed E-state index contributed by atoms with van der Waals surface area (Å²) in [6.45, 7) is 5.93. The third-order valence-corrected chi connectivity index (χ3v) is 14.0. The number of benzene rings is 2. The highest BCUT2D eigenvalue weighted by Gasteiger charge is 2.64. The number of sulfonamides is 1. The van der Waals surface area contributed by atoms with Crippen molar-refractivity contribution in [3.8, 4) is 17.0 Å². The summed E-state index contributed by atoms with van der Waals surface area (Å²) in [5, 5.41) is 4.14. The van der Waals surface area contributed by atoms with Crippen molar-refractivity contribution < 1.29 is 22.7 Å². The first-order chi connectivity index (χ1) is 23.1. The fourth-order valence-electron chi connectivity index (χ4n) is 9.56. The molecule has 2 N–H and O–H groups in total. The Balaban J connectivity index is 1.30. The molecule has 1 aromatic heterocycles. The minimum Gasteiger partial charge on any atom is -0.497 e. The molecule has 10 heteroatoms. The van der Waals surface area contributed by atoms with Crippen molar-refractivity contribution in [3.63, 3.8) is 0 Å². The molecule has 1 saturated heterocycles. The molecular formula is C38H48N4O5S. The highest BCUT2D eigenvalue weighted by atomic mass is 32.2. The van der Waals surface area contributed by atoms with Gasteiger partial charge in [-0.25, -0.2) is 13.1 Å². The van der Waals surface area contributed by atoms with Crippen molar-refractivity contribution in [3.05, 3.63) is 53.1 Å². The van der Waals surface area contributed by atoms with E-state index >= 15 is 0 Å². The largest absolute Gasteiger partial charge is 0.497 e. The number of rotatable bonds is 6. The van der Waals surface area contributed by atoms with Crippen LogP contribution < -0.4 is 14.8 Å². The molecule has 5 aliphatic rings. The average molecular weight is 673 g/mol. The second-order valence-corrected chi connectivity index (χ2v) is 17.7. The summed E-state index contributed by atoms with van der Waals surface area (Å²) < 4.78 is 35.7. The fourth-order valence-corrected chi connectivity index (χ4v) is 10.2. The van der Waals surface area contributed by atoms with Crippen LogP contribution in [0.15, 0.2) is 36.4 Å². The van der Waals surface area contributed by atoms with E-state index in [9.17, 15) is 18.0 Å². The van der Waals surface area contributed by atoms with Gasteiger partial charge >= 0.3 is 0 Å². The van der Waals surface area contributed by atoms with E-state index in [2.05, 4.69) is 31.6 Å². The number of piperazine rings is 1. The van der Waals surface area contributed by atoms with E-state index < -0.39 is 26.6 Å². The molecule has 2 unspecified atom stereocenters. The van der Waals surface area contributed by atoms with Crippen LogP contribution in [0.4, 0.5) is 0 Å². The third-order valence-electron chi connectivity index (χ3n) is 12.3. The minimum absolute atomic E-state index is 0.0266. The molecule has 0 bridgehead atoms. The van der Waals surface area contributed by atoms with Crippen molar-refractivity contribution in [2.24, 2.45) is 5.41 Å². The van der Waals surface area contributed by atoms with Crippen LogP contribution in [0, 0.1) is 5.41 Å². The van der Waals surface area contributed by atoms with Gasteiger partial charge in [-0.15, -0.1) is 0 Å². The van der Waals surface area contributed by atoms with Crippen molar-refractivity contribution in [2.45, 2.75) is 107 Å². The van der Waals surface area contributed by atoms with Gasteiger partial charge in [-0.3, -0.25) is 9.59 Å². The lowest BCUT2D eigenvalue weighted by Crippen LogP contribution is -2.61. The lowest BCUT2D eigenvalue weighted by Gasteiger charge is -2.43. The average Bonchev–Trinajstić information content (AvgIpc) is 3.55. The summed E-state index contributed by atoms with van der Waals surface area (Å²) in [5.41, 5.74) is 5.40. The zero-order chi connectivity index (χ0) is 33.4. The topological polar surface area (TPSA) is 110 Å². The second-order valence-electron chi connectivity index (χ2n) is 15.4. The fraction of sp³-hybridized carbons (Fsp3) is 0.579. The van der Waals surface area contributed by atoms with Crippen LogP contribution in [0.2, 0.25) is 0 Å². The molecular weight excluding hydrogens is 625 g/mol. The lowest BCUT2D eigenvalue weighted by molar-refractivity contribution is -0.140. The van der Waals surface area contributed by atoms with Crippen LogP contribution >= 0.6 is 0 Å². The molecule has 2 aromatic carbocycles. The number of nitrogens with one attached hydrogen (secondary N) is 2. The Labute approximate surface area is 283 Å². The number of methoxy groups -OCH3 is 1. The first kappa shape index (κ1) is 31.9. The normalized spacial score (nSPS) is 25.0. The number of hydrogen-bond donors (Lipinski definition) is 2. The van der Waals surface area contributed by atoms with Crippen molar-refractivity contribution in [1.29, 1.82) is 0 Å². The van der Waals surface area contributed by atoms with E-state index in [4.69, 9.17) is 4.74 Å². The van der Waals surface area contributed by atoms with Gasteiger partial charge in [-0.05, 0) is 93.3 Å². The molecule has 48 heavy (non-hydrogen) atoms. The van der Waals surface area contributed by atoms with Gasteiger partial charge in [0.1, 0.15) is 5.75 Å². The van der Waals surface area contributed by atoms with E-state index in [1.807, 2.05) is 18.2 Å². The Hall–Kier alpha value is -3.37. The SMILES string of the molecule is COc1ccc2c(c1)C1CC1(C(=O)N1CCNC3(CCCC3)C1)Cn1c-2c(C2CCCCC2)c2ccc(C(=O)NS(=O)(=O)C(C)C)cc21. The Morgan fingerprint density at radius 1 is 1.00 bits per heavy atom. The minimum atomic E-state index is -3.80. The molecule has 9 nitrogen and oxygen atoms in total. The van der Waals surface area contributed by atoms with Crippen LogP contribution in [0.3, 0.4) is 0 Å². The molecule has 8 rings (SSSR count). The second kappa shape index (κ2) is 11.6. The van der Waals surface area contributed by atoms with Gasteiger partial charge in [0.05, 0.1) is 23.5 Å². The Bertz CT molecular complexity index is 1900. The van der Waals surface area contributed by atoms with Crippen molar-refractivity contribution in [1.82, 2.24) is 19.5 Å². The van der Waals surface area contributed by atoms with Gasteiger partial charge < -0.3 is 19.5 Å². The van der Waals surface area contributed by atoms with E-state index in [1.165, 1.54) is 43.2 Å². The molecule has 2 atom stereocenters. The number of fused-ring (bicyclic) bond motifs is 7. The van der Waals surface area contributed by atoms with E-state index in [0.29, 0.717) is 24.6 Å². The first-order valence-corrected chi connectivity index (χ1v) is 19.6. The number of amides is 2. The quantitative estimate of drug-likeness (QED) is 0.329. The van der Waals surface area contributed by atoms with Crippen molar-refractivity contribution >= 4 is 32.7 Å². The maximum atomic E-state index is 14.9. The maximum absolute atomic E-state index is 14.9. The number of carbonyl (C=O) groups excluding carboxylic acids is 2. The van der Waals surface area contributed by atoms with Crippen molar-refractivity contribution in [2.75, 3.05) is 26.7 Å². The van der Waals surface area contributed by atoms with Gasteiger partial charge in [0.2, 0.25) is 15.9 Å². The molecule has 3 saturated carbocycles. The number of carbonyl (C=O) groups is 2. The van der Waals surface area contributed by atoms with Gasteiger partial charge in [-0.1, -0.05) is 38.2 Å². The summed E-state index contributed by atoms with van der Waals surface area (Å²) >= 11 is 0. The van der Waals surface area contributed by atoms with Gasteiger partial charge in [-0.2, -0.15) is 0 Å². The standard InChI is InChI=1S/C38H48N4O5S/c1-24(2)48(45,46)40-35(43)26-11-13-29-32(19-26)42-23-38(36(44)41-18-17-39-37(22-41)15-7-8-16-37)21-31(38)30-20-27(47-3)12-14-28(30)34(42)33(29)25-9-5-4-6-10-25/h11-14,19-20,24-25,31,39H,4-10,15-18,21-23H2,1-3H3,(H,40,43). The van der Waals surface area contributed by atoms with Crippen LogP contribution in [-0.4, -0.2) is 67.2 Å². The molecule has 3 aliphatic carbocycles. The van der Waals surface area contributed by atoms with Gasteiger partial charge in [0, 0.05) is 59.7 Å².